The Kier molecular flexibility index (Phi) is 6.20. The lowest BCUT2D eigenvalue weighted by Gasteiger charge is -2.29. The molecule has 0 saturated carbocycles. The van der Waals surface area contributed by atoms with E-state index in [0.717, 1.165) is 8.78 Å². The van der Waals surface area contributed by atoms with E-state index >= 15 is 0 Å². The van der Waals surface area contributed by atoms with Crippen molar-refractivity contribution in [1.82, 2.24) is 0 Å². The smallest absolute Gasteiger partial charge is 0.265 e. The van der Waals surface area contributed by atoms with Gasteiger partial charge in [-0.25, -0.2) is 8.42 Å². The molecular formula is C15H11BrCl3NO3S. The number of carbonyl (C=O) groups is 1. The van der Waals surface area contributed by atoms with Gasteiger partial charge in [-0.05, 0) is 61.0 Å². The van der Waals surface area contributed by atoms with E-state index in [9.17, 15) is 13.2 Å². The summed E-state index contributed by atoms with van der Waals surface area (Å²) in [6, 6.07) is 9.16. The summed E-state index contributed by atoms with van der Waals surface area (Å²) in [7, 11) is -4.07. The molecule has 0 aliphatic rings. The lowest BCUT2D eigenvalue weighted by Crippen LogP contribution is -2.42. The Morgan fingerprint density at radius 3 is 2.21 bits per heavy atom. The van der Waals surface area contributed by atoms with E-state index in [1.165, 1.54) is 37.3 Å². The van der Waals surface area contributed by atoms with Gasteiger partial charge in [0.25, 0.3) is 10.0 Å². The second-order valence-electron chi connectivity index (χ2n) is 4.83. The number of carbonyl (C=O) groups excluding carboxylic acids is 1. The van der Waals surface area contributed by atoms with Crippen molar-refractivity contribution >= 4 is 71.7 Å². The zero-order valence-corrected chi connectivity index (χ0v) is 16.9. The molecular weight excluding hydrogens is 460 g/mol. The van der Waals surface area contributed by atoms with Gasteiger partial charge in [0.1, 0.15) is 6.04 Å². The SMILES string of the molecule is CC(C(=O)Cl)N(c1ccc(Cl)cc1Cl)S(=O)(=O)c1ccc(Br)cc1. The molecule has 2 aromatic rings. The largest absolute Gasteiger partial charge is 0.279 e. The summed E-state index contributed by atoms with van der Waals surface area (Å²) in [6.45, 7) is 1.39. The molecule has 2 aromatic carbocycles. The number of anilines is 1. The van der Waals surface area contributed by atoms with E-state index in [2.05, 4.69) is 15.9 Å². The Labute approximate surface area is 163 Å². The number of benzene rings is 2. The molecule has 4 nitrogen and oxygen atoms in total. The highest BCUT2D eigenvalue weighted by atomic mass is 79.9. The average molecular weight is 472 g/mol. The predicted molar refractivity (Wildman–Crippen MR) is 101 cm³/mol. The summed E-state index contributed by atoms with van der Waals surface area (Å²) in [5, 5.41) is -0.399. The van der Waals surface area contributed by atoms with Crippen molar-refractivity contribution in [2.24, 2.45) is 0 Å². The first-order chi connectivity index (χ1) is 11.1. The van der Waals surface area contributed by atoms with Crippen molar-refractivity contribution in [3.8, 4) is 0 Å². The molecule has 24 heavy (non-hydrogen) atoms. The van der Waals surface area contributed by atoms with Gasteiger partial charge in [-0.1, -0.05) is 39.1 Å². The van der Waals surface area contributed by atoms with Crippen LogP contribution in [0.4, 0.5) is 5.69 Å². The van der Waals surface area contributed by atoms with Gasteiger partial charge in [-0.15, -0.1) is 0 Å². The van der Waals surface area contributed by atoms with Gasteiger partial charge in [0.2, 0.25) is 5.24 Å². The third kappa shape index (κ3) is 4.06. The van der Waals surface area contributed by atoms with Crippen LogP contribution in [-0.2, 0) is 14.8 Å². The van der Waals surface area contributed by atoms with Crippen molar-refractivity contribution in [3.05, 3.63) is 57.0 Å². The molecule has 1 unspecified atom stereocenters. The van der Waals surface area contributed by atoms with Crippen LogP contribution in [0.5, 0.6) is 0 Å². The maximum atomic E-state index is 13.0. The molecule has 0 saturated heterocycles. The van der Waals surface area contributed by atoms with Crippen molar-refractivity contribution < 1.29 is 13.2 Å². The maximum Gasteiger partial charge on any atom is 0.265 e. The Morgan fingerprint density at radius 2 is 1.71 bits per heavy atom. The molecule has 0 aliphatic heterocycles. The topological polar surface area (TPSA) is 54.5 Å². The number of nitrogens with zero attached hydrogens (tertiary/aromatic N) is 1. The molecule has 0 aromatic heterocycles. The van der Waals surface area contributed by atoms with Crippen molar-refractivity contribution in [3.63, 3.8) is 0 Å². The van der Waals surface area contributed by atoms with Crippen LogP contribution in [0.25, 0.3) is 0 Å². The van der Waals surface area contributed by atoms with Crippen LogP contribution < -0.4 is 4.31 Å². The summed E-state index contributed by atoms with van der Waals surface area (Å²) >= 11 is 20.8. The van der Waals surface area contributed by atoms with Crippen LogP contribution in [0.3, 0.4) is 0 Å². The first kappa shape index (κ1) is 19.5. The maximum absolute atomic E-state index is 13.0. The Hall–Kier alpha value is -0.790. The highest BCUT2D eigenvalue weighted by Crippen LogP contribution is 2.34. The quantitative estimate of drug-likeness (QED) is 0.570. The summed E-state index contributed by atoms with van der Waals surface area (Å²) in [4.78, 5) is 11.7. The molecule has 1 atom stereocenters. The third-order valence-corrected chi connectivity index (χ3v) is 6.48. The molecule has 0 bridgehead atoms. The summed E-state index contributed by atoms with van der Waals surface area (Å²) in [6.07, 6.45) is 0. The van der Waals surface area contributed by atoms with Crippen LogP contribution in [0.15, 0.2) is 51.8 Å². The fraction of sp³-hybridized carbons (Fsp3) is 0.133. The first-order valence-corrected chi connectivity index (χ1v) is 9.95. The van der Waals surface area contributed by atoms with Crippen molar-refractivity contribution in [2.75, 3.05) is 4.31 Å². The molecule has 0 amide bonds. The standard InChI is InChI=1S/C15H11BrCl3NO3S/c1-9(15(19)21)20(14-7-4-11(17)8-13(14)18)24(22,23)12-5-2-10(16)3-6-12/h2-9H,1H3. The molecule has 0 radical (unpaired) electrons. The molecule has 0 N–H and O–H groups in total. The minimum Gasteiger partial charge on any atom is -0.279 e. The van der Waals surface area contributed by atoms with E-state index in [-0.39, 0.29) is 15.6 Å². The monoisotopic (exact) mass is 469 g/mol. The number of halogens is 4. The molecule has 2 rings (SSSR count). The summed E-state index contributed by atoms with van der Waals surface area (Å²) < 4.78 is 27.7. The van der Waals surface area contributed by atoms with Crippen LogP contribution in [0, 0.1) is 0 Å². The summed E-state index contributed by atoms with van der Waals surface area (Å²) in [5.41, 5.74) is 0.116. The van der Waals surface area contributed by atoms with Crippen LogP contribution in [0.1, 0.15) is 6.92 Å². The van der Waals surface area contributed by atoms with Crippen molar-refractivity contribution in [1.29, 1.82) is 0 Å². The minimum atomic E-state index is -4.07. The van der Waals surface area contributed by atoms with E-state index < -0.39 is 21.3 Å². The number of hydrogen-bond donors (Lipinski definition) is 0. The highest BCUT2D eigenvalue weighted by molar-refractivity contribution is 9.10. The predicted octanol–water partition coefficient (Wildman–Crippen LogP) is 5.11. The van der Waals surface area contributed by atoms with Gasteiger partial charge in [0, 0.05) is 9.50 Å². The lowest BCUT2D eigenvalue weighted by molar-refractivity contribution is -0.112. The first-order valence-electron chi connectivity index (χ1n) is 6.59. The lowest BCUT2D eigenvalue weighted by atomic mass is 10.3. The van der Waals surface area contributed by atoms with Crippen molar-refractivity contribution in [2.45, 2.75) is 17.9 Å². The minimum absolute atomic E-state index is 0.00137. The zero-order chi connectivity index (χ0) is 18.1. The van der Waals surface area contributed by atoms with Gasteiger partial charge >= 0.3 is 0 Å². The van der Waals surface area contributed by atoms with Gasteiger partial charge < -0.3 is 0 Å². The zero-order valence-electron chi connectivity index (χ0n) is 12.2. The second kappa shape index (κ2) is 7.62. The van der Waals surface area contributed by atoms with Crippen LogP contribution in [-0.4, -0.2) is 19.7 Å². The van der Waals surface area contributed by atoms with Gasteiger partial charge in [0.15, 0.2) is 0 Å². The number of hydrogen-bond acceptors (Lipinski definition) is 3. The number of rotatable bonds is 5. The van der Waals surface area contributed by atoms with Gasteiger partial charge in [-0.2, -0.15) is 0 Å². The van der Waals surface area contributed by atoms with Crippen LogP contribution in [0.2, 0.25) is 10.0 Å². The van der Waals surface area contributed by atoms with Gasteiger partial charge in [-0.3, -0.25) is 9.10 Å². The van der Waals surface area contributed by atoms with E-state index in [1.54, 1.807) is 12.1 Å². The molecule has 0 spiro atoms. The van der Waals surface area contributed by atoms with Gasteiger partial charge in [0.05, 0.1) is 15.6 Å². The molecule has 128 valence electrons. The summed E-state index contributed by atoms with van der Waals surface area (Å²) in [5.74, 6) is 0. The Morgan fingerprint density at radius 1 is 1.12 bits per heavy atom. The Balaban J connectivity index is 2.66. The van der Waals surface area contributed by atoms with E-state index in [4.69, 9.17) is 34.8 Å². The fourth-order valence-electron chi connectivity index (χ4n) is 2.02. The van der Waals surface area contributed by atoms with E-state index in [0.29, 0.717) is 5.02 Å². The Bertz CT molecular complexity index is 872. The molecule has 0 fully saturated rings. The second-order valence-corrected chi connectivity index (χ2v) is 8.78. The molecule has 0 heterocycles. The van der Waals surface area contributed by atoms with E-state index in [1.807, 2.05) is 0 Å². The number of sulfonamides is 1. The fourth-order valence-corrected chi connectivity index (χ4v) is 4.63. The average Bonchev–Trinajstić information content (AvgIpc) is 2.49. The molecule has 9 heteroatoms. The normalized spacial score (nSPS) is 12.7. The third-order valence-electron chi connectivity index (χ3n) is 3.20. The highest BCUT2D eigenvalue weighted by Gasteiger charge is 2.34. The molecule has 0 aliphatic carbocycles. The van der Waals surface area contributed by atoms with Crippen LogP contribution >= 0.6 is 50.7 Å².